The van der Waals surface area contributed by atoms with Gasteiger partial charge in [0.1, 0.15) is 5.03 Å². The molecule has 1 nitrogen and oxygen atoms in total. The molecule has 1 heterocycles. The lowest BCUT2D eigenvalue weighted by molar-refractivity contribution is 0.253. The first-order chi connectivity index (χ1) is 9.20. The van der Waals surface area contributed by atoms with E-state index in [2.05, 4.69) is 37.9 Å². The Bertz CT molecular complexity index is 329. The third-order valence-corrected chi connectivity index (χ3v) is 5.83. The second kappa shape index (κ2) is 9.71. The molecule has 1 rings (SSSR count). The van der Waals surface area contributed by atoms with Crippen molar-refractivity contribution in [3.8, 4) is 0 Å². The molecule has 19 heavy (non-hydrogen) atoms. The van der Waals surface area contributed by atoms with E-state index in [1.165, 1.54) is 44.3 Å². The number of pyridine rings is 1. The van der Waals surface area contributed by atoms with Crippen LogP contribution in [0.4, 0.5) is 0 Å². The second-order valence-electron chi connectivity index (χ2n) is 5.49. The summed E-state index contributed by atoms with van der Waals surface area (Å²) in [6, 6.07) is 6.11. The predicted molar refractivity (Wildman–Crippen MR) is 89.7 cm³/mol. The number of hydrogen-bond donors (Lipinski definition) is 0. The molecule has 0 radical (unpaired) electrons. The molecule has 0 fully saturated rings. The van der Waals surface area contributed by atoms with Gasteiger partial charge in [-0.15, -0.1) is 0 Å². The second-order valence-corrected chi connectivity index (χ2v) is 7.92. The predicted octanol–water partition coefficient (Wildman–Crippen LogP) is 6.21. The summed E-state index contributed by atoms with van der Waals surface area (Å²) in [7, 11) is 3.76. The number of unbranched alkanes of at least 4 members (excludes halogenated alkanes) is 1. The summed E-state index contributed by atoms with van der Waals surface area (Å²) in [6.45, 7) is 7.07. The standard InChI is InChI=1S/C16H27NS2/c1-4-6-11-16(3,10-5-2)12-14-18-19-15-9-7-8-13-17-15/h7-9,13H,4-6,10-12,14H2,1-3H3. The molecule has 1 atom stereocenters. The Morgan fingerprint density at radius 3 is 2.58 bits per heavy atom. The lowest BCUT2D eigenvalue weighted by atomic mass is 9.78. The van der Waals surface area contributed by atoms with E-state index in [1.807, 2.05) is 33.9 Å². The summed E-state index contributed by atoms with van der Waals surface area (Å²) >= 11 is 0. The van der Waals surface area contributed by atoms with E-state index < -0.39 is 0 Å². The minimum atomic E-state index is 0.544. The van der Waals surface area contributed by atoms with E-state index in [-0.39, 0.29) is 0 Å². The molecular formula is C16H27NS2. The van der Waals surface area contributed by atoms with Crippen molar-refractivity contribution in [3.63, 3.8) is 0 Å². The number of rotatable bonds is 10. The zero-order valence-corrected chi connectivity index (χ0v) is 14.2. The van der Waals surface area contributed by atoms with Gasteiger partial charge in [-0.05, 0) is 47.6 Å². The van der Waals surface area contributed by atoms with Crippen molar-refractivity contribution in [2.45, 2.75) is 64.3 Å². The molecule has 1 aromatic heterocycles. The van der Waals surface area contributed by atoms with Gasteiger partial charge in [-0.3, -0.25) is 0 Å². The molecule has 0 aliphatic heterocycles. The monoisotopic (exact) mass is 297 g/mol. The summed E-state index contributed by atoms with van der Waals surface area (Å²) in [5.74, 6) is 1.22. The van der Waals surface area contributed by atoms with Gasteiger partial charge in [0.25, 0.3) is 0 Å². The maximum atomic E-state index is 4.34. The maximum Gasteiger partial charge on any atom is 0.106 e. The SMILES string of the molecule is CCCCC(C)(CCC)CCSSc1ccccn1. The molecular weight excluding hydrogens is 270 g/mol. The van der Waals surface area contributed by atoms with Gasteiger partial charge < -0.3 is 0 Å². The normalized spacial score (nSPS) is 14.3. The molecule has 108 valence electrons. The number of hydrogen-bond acceptors (Lipinski definition) is 3. The van der Waals surface area contributed by atoms with Crippen molar-refractivity contribution in [2.24, 2.45) is 5.41 Å². The van der Waals surface area contributed by atoms with E-state index >= 15 is 0 Å². The summed E-state index contributed by atoms with van der Waals surface area (Å²) < 4.78 is 0. The summed E-state index contributed by atoms with van der Waals surface area (Å²) in [5.41, 5.74) is 0.544. The van der Waals surface area contributed by atoms with Crippen molar-refractivity contribution in [2.75, 3.05) is 5.75 Å². The van der Waals surface area contributed by atoms with Gasteiger partial charge in [0.15, 0.2) is 0 Å². The first-order valence-electron chi connectivity index (χ1n) is 7.40. The lowest BCUT2D eigenvalue weighted by Crippen LogP contribution is -2.17. The van der Waals surface area contributed by atoms with E-state index in [9.17, 15) is 0 Å². The Hall–Kier alpha value is -0.150. The summed E-state index contributed by atoms with van der Waals surface area (Å²) in [6.07, 6.45) is 9.92. The third-order valence-electron chi connectivity index (χ3n) is 3.56. The van der Waals surface area contributed by atoms with Crippen LogP contribution in [0.2, 0.25) is 0 Å². The van der Waals surface area contributed by atoms with Crippen molar-refractivity contribution < 1.29 is 0 Å². The first-order valence-corrected chi connectivity index (χ1v) is 9.72. The van der Waals surface area contributed by atoms with Crippen LogP contribution < -0.4 is 0 Å². The van der Waals surface area contributed by atoms with Gasteiger partial charge in [-0.1, -0.05) is 56.9 Å². The fraction of sp³-hybridized carbons (Fsp3) is 0.688. The van der Waals surface area contributed by atoms with E-state index in [4.69, 9.17) is 0 Å². The zero-order valence-electron chi connectivity index (χ0n) is 12.5. The van der Waals surface area contributed by atoms with Crippen LogP contribution in [-0.4, -0.2) is 10.7 Å². The average Bonchev–Trinajstić information content (AvgIpc) is 2.43. The van der Waals surface area contributed by atoms with E-state index in [0.29, 0.717) is 5.41 Å². The molecule has 0 aliphatic rings. The van der Waals surface area contributed by atoms with Gasteiger partial charge >= 0.3 is 0 Å². The van der Waals surface area contributed by atoms with Gasteiger partial charge in [0, 0.05) is 11.9 Å². The number of aromatic nitrogens is 1. The lowest BCUT2D eigenvalue weighted by Gasteiger charge is -2.29. The summed E-state index contributed by atoms with van der Waals surface area (Å²) in [4.78, 5) is 4.34. The highest BCUT2D eigenvalue weighted by molar-refractivity contribution is 8.76. The van der Waals surface area contributed by atoms with Crippen LogP contribution in [0.1, 0.15) is 59.3 Å². The van der Waals surface area contributed by atoms with Crippen LogP contribution in [0.15, 0.2) is 29.4 Å². The highest BCUT2D eigenvalue weighted by Crippen LogP contribution is 2.38. The Morgan fingerprint density at radius 1 is 1.11 bits per heavy atom. The third kappa shape index (κ3) is 7.26. The number of nitrogens with zero attached hydrogens (tertiary/aromatic N) is 1. The molecule has 1 aromatic rings. The molecule has 0 saturated heterocycles. The van der Waals surface area contributed by atoms with Crippen molar-refractivity contribution in [3.05, 3.63) is 24.4 Å². The molecule has 0 bridgehead atoms. The van der Waals surface area contributed by atoms with Gasteiger partial charge in [0.05, 0.1) is 0 Å². The van der Waals surface area contributed by atoms with Crippen LogP contribution in [0, 0.1) is 5.41 Å². The van der Waals surface area contributed by atoms with Crippen molar-refractivity contribution >= 4 is 21.6 Å². The highest BCUT2D eigenvalue weighted by Gasteiger charge is 2.22. The molecule has 0 N–H and O–H groups in total. The van der Waals surface area contributed by atoms with Gasteiger partial charge in [-0.25, -0.2) is 4.98 Å². The fourth-order valence-corrected chi connectivity index (χ4v) is 4.54. The van der Waals surface area contributed by atoms with Crippen LogP contribution in [0.25, 0.3) is 0 Å². The first kappa shape index (κ1) is 16.9. The van der Waals surface area contributed by atoms with Gasteiger partial charge in [0.2, 0.25) is 0 Å². The van der Waals surface area contributed by atoms with Crippen LogP contribution in [0.5, 0.6) is 0 Å². The Labute approximate surface area is 126 Å². The Morgan fingerprint density at radius 2 is 1.95 bits per heavy atom. The topological polar surface area (TPSA) is 12.9 Å². The van der Waals surface area contributed by atoms with Crippen LogP contribution in [0.3, 0.4) is 0 Å². The molecule has 0 aromatic carbocycles. The maximum absolute atomic E-state index is 4.34. The quantitative estimate of drug-likeness (QED) is 0.376. The zero-order chi connectivity index (χ0) is 14.0. The van der Waals surface area contributed by atoms with Crippen LogP contribution >= 0.6 is 21.6 Å². The Balaban J connectivity index is 2.27. The van der Waals surface area contributed by atoms with E-state index in [0.717, 1.165) is 5.03 Å². The summed E-state index contributed by atoms with van der Waals surface area (Å²) in [5, 5.41) is 1.12. The van der Waals surface area contributed by atoms with Crippen molar-refractivity contribution in [1.29, 1.82) is 0 Å². The largest absolute Gasteiger partial charge is 0.249 e. The minimum Gasteiger partial charge on any atom is -0.249 e. The minimum absolute atomic E-state index is 0.544. The molecule has 0 saturated carbocycles. The fourth-order valence-electron chi connectivity index (χ4n) is 2.37. The highest BCUT2D eigenvalue weighted by atomic mass is 33.1. The van der Waals surface area contributed by atoms with Gasteiger partial charge in [-0.2, -0.15) is 0 Å². The molecule has 0 aliphatic carbocycles. The van der Waals surface area contributed by atoms with E-state index in [1.54, 1.807) is 0 Å². The Kier molecular flexibility index (Phi) is 8.64. The van der Waals surface area contributed by atoms with Crippen molar-refractivity contribution in [1.82, 2.24) is 4.98 Å². The molecule has 1 unspecified atom stereocenters. The molecule has 0 spiro atoms. The smallest absolute Gasteiger partial charge is 0.106 e. The van der Waals surface area contributed by atoms with Crippen LogP contribution in [-0.2, 0) is 0 Å². The average molecular weight is 298 g/mol. The molecule has 0 amide bonds. The molecule has 3 heteroatoms.